The van der Waals surface area contributed by atoms with Crippen molar-refractivity contribution in [1.82, 2.24) is 14.5 Å². The van der Waals surface area contributed by atoms with Crippen LogP contribution in [0.25, 0.3) is 11.0 Å². The number of hydrogen-bond acceptors (Lipinski definition) is 4. The Morgan fingerprint density at radius 2 is 1.68 bits per heavy atom. The number of pyridine rings is 1. The number of sulfone groups is 1. The predicted molar refractivity (Wildman–Crippen MR) is 122 cm³/mol. The second-order valence-corrected chi connectivity index (χ2v) is 10.0. The van der Waals surface area contributed by atoms with E-state index in [-0.39, 0.29) is 0 Å². The molecule has 1 aliphatic heterocycles. The molecule has 5 rings (SSSR count). The minimum atomic E-state index is -3.61. The van der Waals surface area contributed by atoms with Crippen LogP contribution in [0.15, 0.2) is 95.0 Å². The highest BCUT2D eigenvalue weighted by molar-refractivity contribution is 7.91. The van der Waals surface area contributed by atoms with E-state index in [1.807, 2.05) is 22.8 Å². The number of hydrogen-bond donors (Lipinski definition) is 0. The molecule has 1 unspecified atom stereocenters. The van der Waals surface area contributed by atoms with Crippen LogP contribution in [-0.4, -0.2) is 35.5 Å². The maximum absolute atomic E-state index is 13.4. The van der Waals surface area contributed by atoms with Gasteiger partial charge in [-0.1, -0.05) is 48.5 Å². The second kappa shape index (κ2) is 8.29. The second-order valence-electron chi connectivity index (χ2n) is 8.09. The fourth-order valence-corrected chi connectivity index (χ4v) is 6.01. The van der Waals surface area contributed by atoms with Gasteiger partial charge < -0.3 is 4.57 Å². The van der Waals surface area contributed by atoms with Crippen LogP contribution < -0.4 is 0 Å². The first-order chi connectivity index (χ1) is 15.1. The number of rotatable bonds is 6. The van der Waals surface area contributed by atoms with Gasteiger partial charge in [-0.2, -0.15) is 0 Å². The van der Waals surface area contributed by atoms with Crippen LogP contribution in [0.2, 0.25) is 0 Å². The van der Waals surface area contributed by atoms with Crippen molar-refractivity contribution in [2.45, 2.75) is 41.8 Å². The first-order valence-corrected chi connectivity index (χ1v) is 12.1. The van der Waals surface area contributed by atoms with Crippen molar-refractivity contribution in [3.05, 3.63) is 90.8 Å². The lowest BCUT2D eigenvalue weighted by molar-refractivity contribution is 0.225. The van der Waals surface area contributed by atoms with E-state index >= 15 is 0 Å². The standard InChI is InChI=1S/C25H25N3O2S/c29-31(30,22-12-5-2-6-13-22)24-19-28(25-23(24)14-7-15-26-25)18-21-11-8-16-27(21)17-20-9-3-1-4-10-20/h1-7,9-10,12-15,19,21H,8,11,16-18H2. The van der Waals surface area contributed by atoms with E-state index in [9.17, 15) is 8.42 Å². The summed E-state index contributed by atoms with van der Waals surface area (Å²) in [5.74, 6) is 0. The summed E-state index contributed by atoms with van der Waals surface area (Å²) in [4.78, 5) is 7.67. The summed E-state index contributed by atoms with van der Waals surface area (Å²) in [6.07, 6.45) is 5.76. The molecule has 0 saturated carbocycles. The quantitative estimate of drug-likeness (QED) is 0.450. The minimum Gasteiger partial charge on any atom is -0.330 e. The molecule has 1 aliphatic rings. The third-order valence-electron chi connectivity index (χ3n) is 6.08. The van der Waals surface area contributed by atoms with E-state index in [1.54, 1.807) is 42.7 Å². The third-order valence-corrected chi connectivity index (χ3v) is 7.87. The van der Waals surface area contributed by atoms with E-state index < -0.39 is 9.84 Å². The summed E-state index contributed by atoms with van der Waals surface area (Å²) in [6, 6.07) is 23.1. The van der Waals surface area contributed by atoms with E-state index in [0.717, 1.165) is 38.1 Å². The summed E-state index contributed by atoms with van der Waals surface area (Å²) < 4.78 is 28.7. The zero-order valence-corrected chi connectivity index (χ0v) is 18.1. The first-order valence-electron chi connectivity index (χ1n) is 10.6. The number of nitrogens with zero attached hydrogens (tertiary/aromatic N) is 3. The molecule has 2 aromatic heterocycles. The molecular weight excluding hydrogens is 406 g/mol. The van der Waals surface area contributed by atoms with E-state index in [2.05, 4.69) is 34.1 Å². The molecule has 6 heteroatoms. The molecule has 2 aromatic carbocycles. The first kappa shape index (κ1) is 20.0. The van der Waals surface area contributed by atoms with Gasteiger partial charge in [-0.3, -0.25) is 4.90 Å². The number of fused-ring (bicyclic) bond motifs is 1. The normalized spacial score (nSPS) is 17.4. The number of benzene rings is 2. The van der Waals surface area contributed by atoms with Crippen LogP contribution >= 0.6 is 0 Å². The molecule has 4 aromatic rings. The van der Waals surface area contributed by atoms with Gasteiger partial charge in [0, 0.05) is 36.9 Å². The fraction of sp³-hybridized carbons (Fsp3) is 0.240. The van der Waals surface area contributed by atoms with Gasteiger partial charge in [0.25, 0.3) is 0 Å². The lowest BCUT2D eigenvalue weighted by atomic mass is 10.2. The Bertz CT molecular complexity index is 1280. The molecule has 0 bridgehead atoms. The van der Waals surface area contributed by atoms with Crippen LogP contribution in [0.1, 0.15) is 18.4 Å². The Kier molecular flexibility index (Phi) is 5.34. The van der Waals surface area contributed by atoms with Crippen molar-refractivity contribution >= 4 is 20.9 Å². The van der Waals surface area contributed by atoms with Gasteiger partial charge in [0.2, 0.25) is 9.84 Å². The summed E-state index contributed by atoms with van der Waals surface area (Å²) in [6.45, 7) is 2.69. The molecule has 158 valence electrons. The molecule has 0 radical (unpaired) electrons. The molecule has 31 heavy (non-hydrogen) atoms. The van der Waals surface area contributed by atoms with Gasteiger partial charge >= 0.3 is 0 Å². The average molecular weight is 432 g/mol. The Balaban J connectivity index is 1.48. The topological polar surface area (TPSA) is 55.2 Å². The molecule has 0 N–H and O–H groups in total. The van der Waals surface area contributed by atoms with E-state index in [0.29, 0.717) is 21.2 Å². The van der Waals surface area contributed by atoms with Crippen molar-refractivity contribution in [2.24, 2.45) is 0 Å². The molecule has 0 aliphatic carbocycles. The molecule has 0 amide bonds. The summed E-state index contributed by atoms with van der Waals surface area (Å²) in [5.41, 5.74) is 2.03. The average Bonchev–Trinajstić information content (AvgIpc) is 3.40. The smallest absolute Gasteiger partial charge is 0.208 e. The number of aromatic nitrogens is 2. The van der Waals surface area contributed by atoms with Crippen molar-refractivity contribution < 1.29 is 8.42 Å². The third kappa shape index (κ3) is 3.89. The van der Waals surface area contributed by atoms with Gasteiger partial charge in [0.15, 0.2) is 0 Å². The van der Waals surface area contributed by atoms with Gasteiger partial charge in [0.05, 0.1) is 9.79 Å². The van der Waals surface area contributed by atoms with E-state index in [4.69, 9.17) is 0 Å². The molecule has 1 fully saturated rings. The fourth-order valence-electron chi connectivity index (χ4n) is 4.53. The SMILES string of the molecule is O=S(=O)(c1ccccc1)c1cn(CC2CCCN2Cc2ccccc2)c2ncccc12. The van der Waals surface area contributed by atoms with Crippen molar-refractivity contribution in [3.8, 4) is 0 Å². The lowest BCUT2D eigenvalue weighted by Gasteiger charge is -2.25. The Morgan fingerprint density at radius 1 is 0.935 bits per heavy atom. The van der Waals surface area contributed by atoms with Crippen LogP contribution in [0.4, 0.5) is 0 Å². The molecular formula is C25H25N3O2S. The van der Waals surface area contributed by atoms with Crippen molar-refractivity contribution in [1.29, 1.82) is 0 Å². The molecule has 0 spiro atoms. The molecule has 1 saturated heterocycles. The highest BCUT2D eigenvalue weighted by Crippen LogP contribution is 2.30. The maximum Gasteiger partial charge on any atom is 0.208 e. The molecule has 3 heterocycles. The van der Waals surface area contributed by atoms with Gasteiger partial charge in [-0.05, 0) is 49.2 Å². The van der Waals surface area contributed by atoms with Crippen LogP contribution in [0.3, 0.4) is 0 Å². The van der Waals surface area contributed by atoms with Crippen molar-refractivity contribution in [3.63, 3.8) is 0 Å². The van der Waals surface area contributed by atoms with Gasteiger partial charge in [0.1, 0.15) is 5.65 Å². The summed E-state index contributed by atoms with van der Waals surface area (Å²) in [5, 5.41) is 0.680. The Hall–Kier alpha value is -2.96. The van der Waals surface area contributed by atoms with E-state index in [1.165, 1.54) is 5.56 Å². The largest absolute Gasteiger partial charge is 0.330 e. The highest BCUT2D eigenvalue weighted by Gasteiger charge is 2.28. The predicted octanol–water partition coefficient (Wildman–Crippen LogP) is 4.53. The highest BCUT2D eigenvalue weighted by atomic mass is 32.2. The Labute approximate surface area is 182 Å². The van der Waals surface area contributed by atoms with Crippen LogP contribution in [-0.2, 0) is 22.9 Å². The maximum atomic E-state index is 13.4. The summed E-state index contributed by atoms with van der Waals surface area (Å²) in [7, 11) is -3.61. The monoisotopic (exact) mass is 431 g/mol. The zero-order valence-electron chi connectivity index (χ0n) is 17.3. The lowest BCUT2D eigenvalue weighted by Crippen LogP contribution is -2.32. The van der Waals surface area contributed by atoms with Crippen LogP contribution in [0, 0.1) is 0 Å². The zero-order chi connectivity index (χ0) is 21.3. The van der Waals surface area contributed by atoms with Gasteiger partial charge in [-0.15, -0.1) is 0 Å². The van der Waals surface area contributed by atoms with Crippen LogP contribution in [0.5, 0.6) is 0 Å². The molecule has 1 atom stereocenters. The molecule has 5 nitrogen and oxygen atoms in total. The summed E-state index contributed by atoms with van der Waals surface area (Å²) >= 11 is 0. The van der Waals surface area contributed by atoms with Crippen molar-refractivity contribution in [2.75, 3.05) is 6.54 Å². The number of likely N-dealkylation sites (tertiary alicyclic amines) is 1. The van der Waals surface area contributed by atoms with Gasteiger partial charge in [-0.25, -0.2) is 13.4 Å². The minimum absolute atomic E-state index is 0.310. The Morgan fingerprint density at radius 3 is 2.45 bits per heavy atom.